The number of amides is 1. The van der Waals surface area contributed by atoms with Crippen LogP contribution < -0.4 is 15.5 Å². The summed E-state index contributed by atoms with van der Waals surface area (Å²) in [4.78, 5) is 17.1. The molecule has 1 saturated heterocycles. The highest BCUT2D eigenvalue weighted by molar-refractivity contribution is 7.80. The molecule has 2 N–H and O–H groups in total. The number of nitrogens with zero attached hydrogens (tertiary/aromatic N) is 2. The number of carbonyl (C=O) groups is 1. The molecular formula is C28H31FN4OS. The lowest BCUT2D eigenvalue weighted by Crippen LogP contribution is -2.46. The van der Waals surface area contributed by atoms with Crippen molar-refractivity contribution in [2.24, 2.45) is 0 Å². The van der Waals surface area contributed by atoms with Crippen LogP contribution in [0.1, 0.15) is 41.3 Å². The number of nitrogens with one attached hydrogen (secondary N) is 2. The van der Waals surface area contributed by atoms with Gasteiger partial charge in [-0.2, -0.15) is 0 Å². The molecule has 182 valence electrons. The smallest absolute Gasteiger partial charge is 0.257 e. The van der Waals surface area contributed by atoms with Gasteiger partial charge in [0.2, 0.25) is 0 Å². The maximum Gasteiger partial charge on any atom is 0.257 e. The molecule has 1 aliphatic heterocycles. The van der Waals surface area contributed by atoms with Crippen LogP contribution in [0.4, 0.5) is 15.8 Å². The van der Waals surface area contributed by atoms with Gasteiger partial charge < -0.3 is 10.2 Å². The van der Waals surface area contributed by atoms with E-state index in [1.807, 2.05) is 60.7 Å². The van der Waals surface area contributed by atoms with Crippen molar-refractivity contribution in [3.63, 3.8) is 0 Å². The van der Waals surface area contributed by atoms with Crippen molar-refractivity contribution < 1.29 is 9.18 Å². The lowest BCUT2D eigenvalue weighted by atomic mass is 10.0. The summed E-state index contributed by atoms with van der Waals surface area (Å²) in [6.45, 7) is 8.39. The molecule has 0 bridgehead atoms. The summed E-state index contributed by atoms with van der Waals surface area (Å²) in [5.41, 5.74) is 4.44. The minimum atomic E-state index is -0.234. The van der Waals surface area contributed by atoms with Crippen LogP contribution in [0.15, 0.2) is 72.8 Å². The largest absolute Gasteiger partial charge is 0.369 e. The van der Waals surface area contributed by atoms with Gasteiger partial charge in [0.25, 0.3) is 5.91 Å². The highest BCUT2D eigenvalue weighted by atomic mass is 32.1. The Hall–Kier alpha value is -3.29. The number of benzene rings is 3. The summed E-state index contributed by atoms with van der Waals surface area (Å²) >= 11 is 5.33. The number of hydrogen-bond donors (Lipinski definition) is 2. The molecule has 0 spiro atoms. The zero-order valence-electron chi connectivity index (χ0n) is 20.1. The molecule has 1 heterocycles. The second-order valence-electron chi connectivity index (χ2n) is 9.09. The fourth-order valence-electron chi connectivity index (χ4n) is 4.14. The van der Waals surface area contributed by atoms with Gasteiger partial charge >= 0.3 is 0 Å². The van der Waals surface area contributed by atoms with Crippen molar-refractivity contribution in [1.29, 1.82) is 0 Å². The highest BCUT2D eigenvalue weighted by Crippen LogP contribution is 2.21. The van der Waals surface area contributed by atoms with Gasteiger partial charge in [0.05, 0.1) is 0 Å². The molecule has 0 aromatic heterocycles. The Kier molecular flexibility index (Phi) is 8.10. The molecule has 0 radical (unpaired) electrons. The number of thiocarbonyl (C=S) groups is 1. The third kappa shape index (κ3) is 6.65. The average molecular weight is 491 g/mol. The van der Waals surface area contributed by atoms with E-state index in [-0.39, 0.29) is 16.8 Å². The Morgan fingerprint density at radius 3 is 2.23 bits per heavy atom. The molecule has 7 heteroatoms. The van der Waals surface area contributed by atoms with Crippen molar-refractivity contribution in [3.8, 4) is 0 Å². The fraction of sp³-hybridized carbons (Fsp3) is 0.286. The maximum absolute atomic E-state index is 13.9. The Balaban J connectivity index is 1.25. The lowest BCUT2D eigenvalue weighted by Gasteiger charge is -2.36. The van der Waals surface area contributed by atoms with Crippen LogP contribution in [0.5, 0.6) is 0 Å². The molecule has 3 aromatic carbocycles. The molecule has 35 heavy (non-hydrogen) atoms. The molecule has 1 amide bonds. The molecule has 4 rings (SSSR count). The number of anilines is 2. The molecule has 5 nitrogen and oxygen atoms in total. The number of rotatable bonds is 6. The van der Waals surface area contributed by atoms with E-state index in [0.717, 1.165) is 43.1 Å². The third-order valence-corrected chi connectivity index (χ3v) is 6.49. The number of halogens is 1. The van der Waals surface area contributed by atoms with Gasteiger partial charge in [0.1, 0.15) is 5.82 Å². The van der Waals surface area contributed by atoms with Crippen LogP contribution in [0.3, 0.4) is 0 Å². The van der Waals surface area contributed by atoms with Gasteiger partial charge in [-0.3, -0.25) is 15.0 Å². The van der Waals surface area contributed by atoms with Crippen molar-refractivity contribution in [2.45, 2.75) is 26.3 Å². The minimum Gasteiger partial charge on any atom is -0.369 e. The molecule has 1 aliphatic rings. The van der Waals surface area contributed by atoms with E-state index >= 15 is 0 Å². The van der Waals surface area contributed by atoms with E-state index in [1.54, 1.807) is 6.07 Å². The van der Waals surface area contributed by atoms with Gasteiger partial charge in [-0.15, -0.1) is 0 Å². The van der Waals surface area contributed by atoms with E-state index in [1.165, 1.54) is 11.6 Å². The van der Waals surface area contributed by atoms with Crippen molar-refractivity contribution in [1.82, 2.24) is 10.2 Å². The summed E-state index contributed by atoms with van der Waals surface area (Å²) in [7, 11) is 0. The Morgan fingerprint density at radius 1 is 0.943 bits per heavy atom. The van der Waals surface area contributed by atoms with Crippen LogP contribution in [0.25, 0.3) is 0 Å². The van der Waals surface area contributed by atoms with Gasteiger partial charge in [-0.25, -0.2) is 4.39 Å². The average Bonchev–Trinajstić information content (AvgIpc) is 2.86. The van der Waals surface area contributed by atoms with E-state index in [9.17, 15) is 9.18 Å². The minimum absolute atomic E-state index is 0.142. The summed E-state index contributed by atoms with van der Waals surface area (Å²) in [5.74, 6) is 0.0411. The van der Waals surface area contributed by atoms with Crippen LogP contribution in [0.2, 0.25) is 0 Å². The van der Waals surface area contributed by atoms with Gasteiger partial charge in [-0.05, 0) is 66.2 Å². The van der Waals surface area contributed by atoms with Gasteiger partial charge in [0.15, 0.2) is 5.11 Å². The Morgan fingerprint density at radius 2 is 1.60 bits per heavy atom. The SMILES string of the molecule is CC(C)c1ccc(C(=O)NC(=S)Nc2ccc(N3CCN(Cc4ccccc4F)CC3)cc2)cc1. The van der Waals surface area contributed by atoms with Gasteiger partial charge in [0, 0.05) is 55.2 Å². The fourth-order valence-corrected chi connectivity index (χ4v) is 4.35. The highest BCUT2D eigenvalue weighted by Gasteiger charge is 2.18. The Bertz CT molecular complexity index is 1160. The molecule has 0 saturated carbocycles. The first-order valence-corrected chi connectivity index (χ1v) is 12.3. The summed E-state index contributed by atoms with van der Waals surface area (Å²) in [6.07, 6.45) is 0. The molecule has 1 fully saturated rings. The monoisotopic (exact) mass is 490 g/mol. The van der Waals surface area contributed by atoms with Gasteiger partial charge in [-0.1, -0.05) is 44.2 Å². The topological polar surface area (TPSA) is 47.6 Å². The van der Waals surface area contributed by atoms with Crippen LogP contribution in [-0.2, 0) is 6.54 Å². The standard InChI is InChI=1S/C28H31FN4OS/c1-20(2)21-7-9-22(10-8-21)27(34)31-28(35)30-24-11-13-25(14-12-24)33-17-15-32(16-18-33)19-23-5-3-4-6-26(23)29/h3-14,20H,15-19H2,1-2H3,(H2,30,31,34,35). The lowest BCUT2D eigenvalue weighted by molar-refractivity contribution is 0.0977. The second kappa shape index (κ2) is 11.4. The first-order chi connectivity index (χ1) is 16.9. The molecular weight excluding hydrogens is 459 g/mol. The first-order valence-electron chi connectivity index (χ1n) is 11.9. The third-order valence-electron chi connectivity index (χ3n) is 6.28. The van der Waals surface area contributed by atoms with E-state index in [2.05, 4.69) is 34.3 Å². The van der Waals surface area contributed by atoms with Crippen LogP contribution >= 0.6 is 12.2 Å². The van der Waals surface area contributed by atoms with E-state index in [4.69, 9.17) is 12.2 Å². The maximum atomic E-state index is 13.9. The van der Waals surface area contributed by atoms with Crippen molar-refractivity contribution in [3.05, 3.63) is 95.3 Å². The van der Waals surface area contributed by atoms with Crippen LogP contribution in [-0.4, -0.2) is 42.1 Å². The second-order valence-corrected chi connectivity index (χ2v) is 9.49. The van der Waals surface area contributed by atoms with Crippen molar-refractivity contribution in [2.75, 3.05) is 36.4 Å². The number of carbonyl (C=O) groups excluding carboxylic acids is 1. The quantitative estimate of drug-likeness (QED) is 0.453. The number of hydrogen-bond acceptors (Lipinski definition) is 4. The normalized spacial score (nSPS) is 14.1. The van der Waals surface area contributed by atoms with Crippen molar-refractivity contribution >= 4 is 34.6 Å². The first kappa shape index (κ1) is 24.8. The number of piperazine rings is 1. The summed E-state index contributed by atoms with van der Waals surface area (Å²) in [5, 5.41) is 6.08. The predicted octanol–water partition coefficient (Wildman–Crippen LogP) is 5.40. The predicted molar refractivity (Wildman–Crippen MR) is 145 cm³/mol. The molecule has 0 atom stereocenters. The summed E-state index contributed by atoms with van der Waals surface area (Å²) in [6, 6.07) is 22.5. The molecule has 0 unspecified atom stereocenters. The summed E-state index contributed by atoms with van der Waals surface area (Å²) < 4.78 is 13.9. The molecule has 3 aromatic rings. The van der Waals surface area contributed by atoms with E-state index < -0.39 is 0 Å². The zero-order chi connectivity index (χ0) is 24.8. The zero-order valence-corrected chi connectivity index (χ0v) is 20.9. The molecule has 0 aliphatic carbocycles. The van der Waals surface area contributed by atoms with Crippen LogP contribution in [0, 0.1) is 5.82 Å². The Labute approximate surface area is 211 Å². The van der Waals surface area contributed by atoms with E-state index in [0.29, 0.717) is 18.0 Å².